The number of carbonyl (C=O) groups excluding carboxylic acids is 1. The van der Waals surface area contributed by atoms with E-state index < -0.39 is 0 Å². The fraction of sp³-hybridized carbons (Fsp3) is 0.581. The first-order chi connectivity index (χ1) is 18.0. The second-order valence-electron chi connectivity index (χ2n) is 12.8. The Hall–Kier alpha value is -1.92. The van der Waals surface area contributed by atoms with Crippen LogP contribution < -0.4 is 4.90 Å². The average molecular weight is 530 g/mol. The first-order valence-electron chi connectivity index (χ1n) is 14.4. The summed E-state index contributed by atoms with van der Waals surface area (Å²) in [5, 5.41) is 2.36. The SMILES string of the molecule is C[C@H]1CCc2c(sc3nc(C45CC6CC(CC(C6)C4)C5)nc(SCC(=O)N4CCc5ccccc54)c23)C1. The van der Waals surface area contributed by atoms with Gasteiger partial charge < -0.3 is 4.90 Å². The highest BCUT2D eigenvalue weighted by Crippen LogP contribution is 2.60. The number of hydrogen-bond acceptors (Lipinski definition) is 5. The molecule has 6 aliphatic rings. The minimum absolute atomic E-state index is 0.175. The molecule has 0 N–H and O–H groups in total. The summed E-state index contributed by atoms with van der Waals surface area (Å²) in [4.78, 5) is 29.0. The van der Waals surface area contributed by atoms with E-state index in [1.54, 1.807) is 11.8 Å². The van der Waals surface area contributed by atoms with Crippen LogP contribution in [0.3, 0.4) is 0 Å². The minimum atomic E-state index is 0.175. The number of para-hydroxylation sites is 1. The summed E-state index contributed by atoms with van der Waals surface area (Å²) in [5.41, 5.74) is 4.04. The molecule has 1 aliphatic heterocycles. The van der Waals surface area contributed by atoms with Gasteiger partial charge in [-0.2, -0.15) is 0 Å². The number of thiophene rings is 1. The number of hydrogen-bond donors (Lipinski definition) is 0. The highest BCUT2D eigenvalue weighted by molar-refractivity contribution is 8.00. The van der Waals surface area contributed by atoms with E-state index in [4.69, 9.17) is 9.97 Å². The molecule has 3 aromatic rings. The van der Waals surface area contributed by atoms with Crippen LogP contribution in [0.4, 0.5) is 5.69 Å². The number of fused-ring (bicyclic) bond motifs is 4. The van der Waals surface area contributed by atoms with Gasteiger partial charge in [-0.05, 0) is 105 Å². The fourth-order valence-corrected chi connectivity index (χ4v) is 11.2. The number of aromatic nitrogens is 2. The predicted molar refractivity (Wildman–Crippen MR) is 152 cm³/mol. The van der Waals surface area contributed by atoms with Crippen molar-refractivity contribution in [2.45, 2.75) is 81.6 Å². The monoisotopic (exact) mass is 529 g/mol. The molecule has 0 saturated heterocycles. The average Bonchev–Trinajstić information content (AvgIpc) is 3.47. The Morgan fingerprint density at radius 3 is 2.62 bits per heavy atom. The molecule has 1 aromatic carbocycles. The van der Waals surface area contributed by atoms with Crippen molar-refractivity contribution in [1.82, 2.24) is 9.97 Å². The third-order valence-electron chi connectivity index (χ3n) is 10.2. The minimum Gasteiger partial charge on any atom is -0.311 e. The van der Waals surface area contributed by atoms with Crippen LogP contribution in [-0.4, -0.2) is 28.2 Å². The molecule has 6 heteroatoms. The van der Waals surface area contributed by atoms with E-state index in [0.717, 1.165) is 66.0 Å². The Kier molecular flexibility index (Phi) is 5.31. The Bertz CT molecular complexity index is 1380. The van der Waals surface area contributed by atoms with Gasteiger partial charge in [-0.25, -0.2) is 9.97 Å². The maximum absolute atomic E-state index is 13.5. The van der Waals surface area contributed by atoms with Crippen LogP contribution in [0.15, 0.2) is 29.3 Å². The van der Waals surface area contributed by atoms with Gasteiger partial charge in [-0.15, -0.1) is 11.3 Å². The lowest BCUT2D eigenvalue weighted by Crippen LogP contribution is -2.49. The number of benzene rings is 1. The standard InChI is InChI=1S/C31H35N3OS2/c1-18-6-7-23-25(10-18)37-29-27(23)28(36-17-26(35)34-9-8-22-4-2-3-5-24(22)34)32-30(33-29)31-14-19-11-20(15-31)13-21(12-19)16-31/h2-5,18-21H,6-17H2,1H3/t18-,19?,20?,21?,31?/m0/s1. The van der Waals surface area contributed by atoms with E-state index >= 15 is 0 Å². The molecule has 1 amide bonds. The summed E-state index contributed by atoms with van der Waals surface area (Å²) in [7, 11) is 0. The van der Waals surface area contributed by atoms with E-state index in [1.165, 1.54) is 71.2 Å². The lowest BCUT2D eigenvalue weighted by molar-refractivity contribution is -0.116. The molecule has 0 spiro atoms. The topological polar surface area (TPSA) is 46.1 Å². The number of thioether (sulfide) groups is 1. The normalized spacial score (nSPS) is 31.6. The highest BCUT2D eigenvalue weighted by Gasteiger charge is 2.53. The molecular formula is C31H35N3OS2. The Labute approximate surface area is 227 Å². The summed E-state index contributed by atoms with van der Waals surface area (Å²) in [6.45, 7) is 3.17. The van der Waals surface area contributed by atoms with E-state index in [2.05, 4.69) is 25.1 Å². The third kappa shape index (κ3) is 3.72. The van der Waals surface area contributed by atoms with Gasteiger partial charge in [-0.1, -0.05) is 36.9 Å². The van der Waals surface area contributed by atoms with Gasteiger partial charge in [0.05, 0.1) is 5.75 Å². The van der Waals surface area contributed by atoms with Gasteiger partial charge >= 0.3 is 0 Å². The van der Waals surface area contributed by atoms with Gasteiger partial charge in [0, 0.05) is 27.9 Å². The van der Waals surface area contributed by atoms with Crippen LogP contribution in [0.2, 0.25) is 0 Å². The molecule has 4 fully saturated rings. The molecule has 5 aliphatic carbocycles. The zero-order valence-electron chi connectivity index (χ0n) is 21.7. The van der Waals surface area contributed by atoms with Crippen molar-refractivity contribution < 1.29 is 4.79 Å². The van der Waals surface area contributed by atoms with Gasteiger partial charge in [0.25, 0.3) is 0 Å². The van der Waals surface area contributed by atoms with Crippen LogP contribution in [0.1, 0.15) is 73.7 Å². The smallest absolute Gasteiger partial charge is 0.237 e. The Balaban J connectivity index is 1.17. The molecule has 37 heavy (non-hydrogen) atoms. The fourth-order valence-electron chi connectivity index (χ4n) is 8.84. The van der Waals surface area contributed by atoms with Crippen molar-refractivity contribution >= 4 is 44.9 Å². The number of amides is 1. The maximum atomic E-state index is 13.5. The van der Waals surface area contributed by atoms with Crippen molar-refractivity contribution in [1.29, 1.82) is 0 Å². The van der Waals surface area contributed by atoms with Gasteiger partial charge in [0.2, 0.25) is 5.91 Å². The number of aryl methyl sites for hydroxylation is 1. The molecule has 2 aromatic heterocycles. The zero-order chi connectivity index (χ0) is 24.7. The number of anilines is 1. The van der Waals surface area contributed by atoms with Gasteiger partial charge in [0.15, 0.2) is 0 Å². The molecule has 3 heterocycles. The van der Waals surface area contributed by atoms with Crippen LogP contribution in [0.25, 0.3) is 10.2 Å². The van der Waals surface area contributed by atoms with Crippen molar-refractivity contribution in [2.24, 2.45) is 23.7 Å². The molecule has 0 radical (unpaired) electrons. The predicted octanol–water partition coefficient (Wildman–Crippen LogP) is 6.97. The zero-order valence-corrected chi connectivity index (χ0v) is 23.3. The first kappa shape index (κ1) is 23.0. The molecule has 192 valence electrons. The summed E-state index contributed by atoms with van der Waals surface area (Å²) in [5.74, 6) is 5.12. The van der Waals surface area contributed by atoms with Crippen LogP contribution in [-0.2, 0) is 29.5 Å². The van der Waals surface area contributed by atoms with Crippen LogP contribution >= 0.6 is 23.1 Å². The van der Waals surface area contributed by atoms with Gasteiger partial charge in [-0.3, -0.25) is 4.79 Å². The van der Waals surface area contributed by atoms with Crippen LogP contribution in [0, 0.1) is 23.7 Å². The highest BCUT2D eigenvalue weighted by atomic mass is 32.2. The molecule has 4 bridgehead atoms. The molecule has 0 unspecified atom stereocenters. The lowest BCUT2D eigenvalue weighted by Gasteiger charge is -2.56. The largest absolute Gasteiger partial charge is 0.311 e. The molecule has 4 saturated carbocycles. The molecule has 9 rings (SSSR count). The summed E-state index contributed by atoms with van der Waals surface area (Å²) in [6.07, 6.45) is 12.6. The van der Waals surface area contributed by atoms with Crippen molar-refractivity contribution in [3.05, 3.63) is 46.1 Å². The molecule has 4 nitrogen and oxygen atoms in total. The second-order valence-corrected chi connectivity index (χ2v) is 14.8. The Morgan fingerprint density at radius 2 is 1.84 bits per heavy atom. The van der Waals surface area contributed by atoms with Crippen molar-refractivity contribution in [3.63, 3.8) is 0 Å². The molecule has 1 atom stereocenters. The Morgan fingerprint density at radius 1 is 1.08 bits per heavy atom. The van der Waals surface area contributed by atoms with Crippen molar-refractivity contribution in [3.8, 4) is 0 Å². The third-order valence-corrected chi connectivity index (χ3v) is 12.3. The van der Waals surface area contributed by atoms with E-state index in [-0.39, 0.29) is 11.3 Å². The molecular weight excluding hydrogens is 494 g/mol. The summed E-state index contributed by atoms with van der Waals surface area (Å²) in [6, 6.07) is 8.36. The first-order valence-corrected chi connectivity index (χ1v) is 16.2. The van der Waals surface area contributed by atoms with E-state index in [1.807, 2.05) is 22.3 Å². The quantitative estimate of drug-likeness (QED) is 0.271. The number of nitrogens with zero attached hydrogens (tertiary/aromatic N) is 3. The van der Waals surface area contributed by atoms with Gasteiger partial charge in [0.1, 0.15) is 15.7 Å². The number of carbonyl (C=O) groups is 1. The lowest BCUT2D eigenvalue weighted by atomic mass is 9.49. The van der Waals surface area contributed by atoms with Crippen molar-refractivity contribution in [2.75, 3.05) is 17.2 Å². The van der Waals surface area contributed by atoms with E-state index in [0.29, 0.717) is 5.75 Å². The van der Waals surface area contributed by atoms with Crippen LogP contribution in [0.5, 0.6) is 0 Å². The van der Waals surface area contributed by atoms with E-state index in [9.17, 15) is 4.79 Å². The maximum Gasteiger partial charge on any atom is 0.237 e. The number of rotatable bonds is 4. The summed E-state index contributed by atoms with van der Waals surface area (Å²) >= 11 is 3.61. The summed E-state index contributed by atoms with van der Waals surface area (Å²) < 4.78 is 0. The second kappa shape index (κ2) is 8.54.